The Labute approximate surface area is 117 Å². The van der Waals surface area contributed by atoms with E-state index in [4.69, 9.17) is 4.74 Å². The molecule has 0 aliphatic carbocycles. The lowest BCUT2D eigenvalue weighted by Gasteiger charge is -2.15. The minimum Gasteiger partial charge on any atom is -0.496 e. The van der Waals surface area contributed by atoms with Crippen LogP contribution < -0.4 is 10.1 Å². The van der Waals surface area contributed by atoms with Crippen LogP contribution in [0.15, 0.2) is 18.2 Å². The molecule has 0 fully saturated rings. The Morgan fingerprint density at radius 1 is 1.11 bits per heavy atom. The largest absolute Gasteiger partial charge is 0.496 e. The Morgan fingerprint density at radius 2 is 1.84 bits per heavy atom. The summed E-state index contributed by atoms with van der Waals surface area (Å²) in [5, 5.41) is 3.44. The van der Waals surface area contributed by atoms with Crippen LogP contribution in [0.2, 0.25) is 0 Å². The number of hydrogen-bond donors (Lipinski definition) is 1. The van der Waals surface area contributed by atoms with E-state index < -0.39 is 0 Å². The highest BCUT2D eigenvalue weighted by molar-refractivity contribution is 5.37. The normalized spacial score (nSPS) is 11.3. The molecule has 4 nitrogen and oxygen atoms in total. The number of benzene rings is 1. The highest BCUT2D eigenvalue weighted by Gasteiger charge is 2.05. The molecule has 4 heteroatoms. The molecule has 108 valence electrons. The van der Waals surface area contributed by atoms with Gasteiger partial charge in [-0.3, -0.25) is 0 Å². The average molecular weight is 265 g/mol. The van der Waals surface area contributed by atoms with Crippen molar-refractivity contribution in [1.82, 2.24) is 15.1 Å². The van der Waals surface area contributed by atoms with Crippen LogP contribution in [-0.2, 0) is 13.1 Å². The summed E-state index contributed by atoms with van der Waals surface area (Å²) in [6.45, 7) is 3.81. The van der Waals surface area contributed by atoms with Crippen LogP contribution in [0, 0.1) is 0 Å². The second-order valence-electron chi connectivity index (χ2n) is 5.36. The molecule has 1 rings (SSSR count). The maximum atomic E-state index is 5.48. The van der Waals surface area contributed by atoms with Crippen molar-refractivity contribution in [1.29, 1.82) is 0 Å². The summed E-state index contributed by atoms with van der Waals surface area (Å²) in [6.07, 6.45) is 0. The van der Waals surface area contributed by atoms with Gasteiger partial charge in [-0.2, -0.15) is 0 Å². The topological polar surface area (TPSA) is 27.7 Å². The molecule has 19 heavy (non-hydrogen) atoms. The van der Waals surface area contributed by atoms with Crippen molar-refractivity contribution in [2.45, 2.75) is 13.1 Å². The monoisotopic (exact) mass is 265 g/mol. The van der Waals surface area contributed by atoms with Crippen molar-refractivity contribution in [3.63, 3.8) is 0 Å². The number of hydrogen-bond acceptors (Lipinski definition) is 4. The van der Waals surface area contributed by atoms with E-state index in [0.29, 0.717) is 0 Å². The molecule has 0 heterocycles. The van der Waals surface area contributed by atoms with E-state index in [1.807, 2.05) is 0 Å². The molecule has 0 aromatic heterocycles. The van der Waals surface area contributed by atoms with E-state index in [1.165, 1.54) is 11.1 Å². The van der Waals surface area contributed by atoms with E-state index in [-0.39, 0.29) is 0 Å². The highest BCUT2D eigenvalue weighted by atomic mass is 16.5. The van der Waals surface area contributed by atoms with Gasteiger partial charge in [0.15, 0.2) is 0 Å². The Hall–Kier alpha value is -1.10. The third-order valence-corrected chi connectivity index (χ3v) is 2.90. The lowest BCUT2D eigenvalue weighted by Crippen LogP contribution is -2.26. The fourth-order valence-electron chi connectivity index (χ4n) is 1.92. The van der Waals surface area contributed by atoms with E-state index in [9.17, 15) is 0 Å². The minimum absolute atomic E-state index is 0.846. The van der Waals surface area contributed by atoms with Crippen LogP contribution in [0.4, 0.5) is 0 Å². The summed E-state index contributed by atoms with van der Waals surface area (Å²) < 4.78 is 5.48. The molecular weight excluding hydrogens is 238 g/mol. The van der Waals surface area contributed by atoms with Crippen molar-refractivity contribution < 1.29 is 4.74 Å². The fraction of sp³-hybridized carbons (Fsp3) is 0.600. The molecule has 0 unspecified atom stereocenters. The van der Waals surface area contributed by atoms with E-state index in [0.717, 1.165) is 31.9 Å². The molecule has 0 atom stereocenters. The van der Waals surface area contributed by atoms with Gasteiger partial charge in [-0.25, -0.2) is 0 Å². The summed E-state index contributed by atoms with van der Waals surface area (Å²) in [4.78, 5) is 4.33. The number of ether oxygens (including phenoxy) is 1. The zero-order valence-electron chi connectivity index (χ0n) is 12.9. The predicted octanol–water partition coefficient (Wildman–Crippen LogP) is 1.41. The maximum Gasteiger partial charge on any atom is 0.123 e. The van der Waals surface area contributed by atoms with Gasteiger partial charge < -0.3 is 19.9 Å². The van der Waals surface area contributed by atoms with Crippen LogP contribution in [0.5, 0.6) is 5.75 Å². The van der Waals surface area contributed by atoms with Crippen LogP contribution in [0.25, 0.3) is 0 Å². The summed E-state index contributed by atoms with van der Waals surface area (Å²) in [7, 11) is 10.0. The van der Waals surface area contributed by atoms with E-state index >= 15 is 0 Å². The van der Waals surface area contributed by atoms with Gasteiger partial charge in [-0.1, -0.05) is 12.1 Å². The van der Waals surface area contributed by atoms with Crippen LogP contribution in [-0.4, -0.2) is 58.2 Å². The Kier molecular flexibility index (Phi) is 6.84. The van der Waals surface area contributed by atoms with Gasteiger partial charge in [0.05, 0.1) is 7.11 Å². The SMILES string of the molecule is COc1cc(CN(C)C)ccc1CNCCN(C)C. The molecule has 0 radical (unpaired) electrons. The molecule has 0 bridgehead atoms. The minimum atomic E-state index is 0.846. The Bertz CT molecular complexity index is 378. The lowest BCUT2D eigenvalue weighted by molar-refractivity contribution is 0.387. The number of nitrogens with one attached hydrogen (secondary N) is 1. The summed E-state index contributed by atoms with van der Waals surface area (Å²) in [5.41, 5.74) is 2.49. The average Bonchev–Trinajstić information content (AvgIpc) is 2.34. The number of methoxy groups -OCH3 is 1. The van der Waals surface area contributed by atoms with Gasteiger partial charge in [0.2, 0.25) is 0 Å². The quantitative estimate of drug-likeness (QED) is 0.719. The molecule has 0 amide bonds. The van der Waals surface area contributed by atoms with Crippen LogP contribution in [0.3, 0.4) is 0 Å². The van der Waals surface area contributed by atoms with E-state index in [2.05, 4.69) is 61.5 Å². The zero-order chi connectivity index (χ0) is 14.3. The van der Waals surface area contributed by atoms with Crippen molar-refractivity contribution >= 4 is 0 Å². The second-order valence-corrected chi connectivity index (χ2v) is 5.36. The smallest absolute Gasteiger partial charge is 0.123 e. The highest BCUT2D eigenvalue weighted by Crippen LogP contribution is 2.20. The van der Waals surface area contributed by atoms with Crippen molar-refractivity contribution in [2.24, 2.45) is 0 Å². The zero-order valence-corrected chi connectivity index (χ0v) is 12.9. The molecular formula is C15H27N3O. The summed E-state index contributed by atoms with van der Waals surface area (Å²) >= 11 is 0. The Morgan fingerprint density at radius 3 is 2.42 bits per heavy atom. The molecule has 0 spiro atoms. The predicted molar refractivity (Wildman–Crippen MR) is 80.6 cm³/mol. The van der Waals surface area contributed by atoms with Gasteiger partial charge in [0, 0.05) is 31.7 Å². The first-order chi connectivity index (χ1) is 9.02. The van der Waals surface area contributed by atoms with Gasteiger partial charge in [-0.05, 0) is 39.8 Å². The van der Waals surface area contributed by atoms with Crippen LogP contribution in [0.1, 0.15) is 11.1 Å². The summed E-state index contributed by atoms with van der Waals surface area (Å²) in [5.74, 6) is 0.969. The first kappa shape index (κ1) is 16.0. The maximum absolute atomic E-state index is 5.48. The molecule has 0 saturated carbocycles. The lowest BCUT2D eigenvalue weighted by atomic mass is 10.1. The van der Waals surface area contributed by atoms with Gasteiger partial charge in [0.25, 0.3) is 0 Å². The van der Waals surface area contributed by atoms with Gasteiger partial charge in [-0.15, -0.1) is 0 Å². The third-order valence-electron chi connectivity index (χ3n) is 2.90. The van der Waals surface area contributed by atoms with Crippen molar-refractivity contribution in [3.8, 4) is 5.75 Å². The molecule has 1 N–H and O–H groups in total. The standard InChI is InChI=1S/C15H27N3O/c1-17(2)9-8-16-11-14-7-6-13(12-18(3)4)10-15(14)19-5/h6-7,10,16H,8-9,11-12H2,1-5H3. The number of rotatable bonds is 8. The fourth-order valence-corrected chi connectivity index (χ4v) is 1.92. The number of likely N-dealkylation sites (N-methyl/N-ethyl adjacent to an activating group) is 1. The van der Waals surface area contributed by atoms with Crippen molar-refractivity contribution in [3.05, 3.63) is 29.3 Å². The Balaban J connectivity index is 2.57. The van der Waals surface area contributed by atoms with Crippen molar-refractivity contribution in [2.75, 3.05) is 48.4 Å². The summed E-state index contributed by atoms with van der Waals surface area (Å²) in [6, 6.07) is 6.45. The second kappa shape index (κ2) is 8.15. The molecule has 1 aromatic rings. The molecule has 0 aliphatic heterocycles. The van der Waals surface area contributed by atoms with Gasteiger partial charge in [0.1, 0.15) is 5.75 Å². The molecule has 1 aromatic carbocycles. The first-order valence-electron chi connectivity index (χ1n) is 6.69. The van der Waals surface area contributed by atoms with Gasteiger partial charge >= 0.3 is 0 Å². The van der Waals surface area contributed by atoms with E-state index in [1.54, 1.807) is 7.11 Å². The molecule has 0 saturated heterocycles. The first-order valence-corrected chi connectivity index (χ1v) is 6.69. The third kappa shape index (κ3) is 6.05. The number of nitrogens with zero attached hydrogens (tertiary/aromatic N) is 2. The van der Waals surface area contributed by atoms with Crippen LogP contribution >= 0.6 is 0 Å². The molecule has 0 aliphatic rings.